The Balaban J connectivity index is 2.04. The highest BCUT2D eigenvalue weighted by Gasteiger charge is 2.32. The topological polar surface area (TPSA) is 55.2 Å². The molecule has 0 aliphatic carbocycles. The van der Waals surface area contributed by atoms with Crippen molar-refractivity contribution in [3.63, 3.8) is 0 Å². The first-order chi connectivity index (χ1) is 10.4. The SMILES string of the molecule is CC(C)n1cc(S(=O)(=O)N2CC[C@H](C)c3ccccc32)cn1. The number of aromatic nitrogens is 2. The van der Waals surface area contributed by atoms with Gasteiger partial charge in [0.1, 0.15) is 4.90 Å². The van der Waals surface area contributed by atoms with Crippen LogP contribution in [0, 0.1) is 0 Å². The van der Waals surface area contributed by atoms with Crippen LogP contribution in [0.3, 0.4) is 0 Å². The lowest BCUT2D eigenvalue weighted by Gasteiger charge is -2.33. The van der Waals surface area contributed by atoms with Gasteiger partial charge in [0.2, 0.25) is 0 Å². The number of sulfonamides is 1. The summed E-state index contributed by atoms with van der Waals surface area (Å²) in [6, 6.07) is 7.88. The average molecular weight is 319 g/mol. The Morgan fingerprint density at radius 3 is 2.68 bits per heavy atom. The summed E-state index contributed by atoms with van der Waals surface area (Å²) in [5.41, 5.74) is 1.88. The molecule has 1 aliphatic heterocycles. The van der Waals surface area contributed by atoms with E-state index in [1.807, 2.05) is 38.1 Å². The van der Waals surface area contributed by atoms with Gasteiger partial charge in [-0.25, -0.2) is 8.42 Å². The van der Waals surface area contributed by atoms with E-state index in [0.29, 0.717) is 12.5 Å². The highest BCUT2D eigenvalue weighted by Crippen LogP contribution is 2.37. The molecule has 3 rings (SSSR count). The fraction of sp³-hybridized carbons (Fsp3) is 0.438. The number of benzene rings is 1. The minimum atomic E-state index is -3.56. The van der Waals surface area contributed by atoms with Gasteiger partial charge in [-0.1, -0.05) is 25.1 Å². The van der Waals surface area contributed by atoms with E-state index in [9.17, 15) is 8.42 Å². The summed E-state index contributed by atoms with van der Waals surface area (Å²) in [6.07, 6.45) is 3.88. The first kappa shape index (κ1) is 15.1. The number of nitrogens with zero attached hydrogens (tertiary/aromatic N) is 3. The minimum Gasteiger partial charge on any atom is -0.269 e. The zero-order valence-electron chi connectivity index (χ0n) is 13.1. The third-order valence-electron chi connectivity index (χ3n) is 4.20. The number of para-hydroxylation sites is 1. The Morgan fingerprint density at radius 2 is 2.00 bits per heavy atom. The number of anilines is 1. The van der Waals surface area contributed by atoms with Crippen LogP contribution in [0.25, 0.3) is 0 Å². The molecule has 6 heteroatoms. The van der Waals surface area contributed by atoms with Gasteiger partial charge < -0.3 is 0 Å². The van der Waals surface area contributed by atoms with Crippen LogP contribution >= 0.6 is 0 Å². The molecule has 0 saturated carbocycles. The molecule has 1 atom stereocenters. The third-order valence-corrected chi connectivity index (χ3v) is 5.96. The Morgan fingerprint density at radius 1 is 1.27 bits per heavy atom. The predicted octanol–water partition coefficient (Wildman–Crippen LogP) is 3.17. The molecule has 2 heterocycles. The highest BCUT2D eigenvalue weighted by molar-refractivity contribution is 7.92. The van der Waals surface area contributed by atoms with Crippen molar-refractivity contribution in [2.24, 2.45) is 0 Å². The molecule has 0 unspecified atom stereocenters. The second-order valence-corrected chi connectivity index (χ2v) is 7.94. The van der Waals surface area contributed by atoms with Crippen LogP contribution in [0.5, 0.6) is 0 Å². The van der Waals surface area contributed by atoms with Gasteiger partial charge in [0, 0.05) is 18.8 Å². The van der Waals surface area contributed by atoms with Gasteiger partial charge in [-0.05, 0) is 37.8 Å². The largest absolute Gasteiger partial charge is 0.269 e. The van der Waals surface area contributed by atoms with Crippen molar-refractivity contribution in [1.82, 2.24) is 9.78 Å². The second kappa shape index (κ2) is 5.43. The maximum atomic E-state index is 13.0. The Labute approximate surface area is 131 Å². The number of fused-ring (bicyclic) bond motifs is 1. The molecule has 0 fully saturated rings. The first-order valence-electron chi connectivity index (χ1n) is 7.57. The van der Waals surface area contributed by atoms with Crippen molar-refractivity contribution in [3.8, 4) is 0 Å². The summed E-state index contributed by atoms with van der Waals surface area (Å²) in [5, 5.41) is 4.16. The van der Waals surface area contributed by atoms with Gasteiger partial charge in [0.25, 0.3) is 10.0 Å². The van der Waals surface area contributed by atoms with Crippen molar-refractivity contribution in [1.29, 1.82) is 0 Å². The molecule has 1 aliphatic rings. The fourth-order valence-electron chi connectivity index (χ4n) is 2.83. The molecular weight excluding hydrogens is 298 g/mol. The van der Waals surface area contributed by atoms with Crippen LogP contribution in [-0.2, 0) is 10.0 Å². The average Bonchev–Trinajstić information content (AvgIpc) is 2.98. The predicted molar refractivity (Wildman–Crippen MR) is 86.6 cm³/mol. The van der Waals surface area contributed by atoms with Gasteiger partial charge in [0.15, 0.2) is 0 Å². The van der Waals surface area contributed by atoms with Gasteiger partial charge in [0.05, 0.1) is 11.9 Å². The van der Waals surface area contributed by atoms with E-state index in [1.165, 1.54) is 10.5 Å². The van der Waals surface area contributed by atoms with E-state index < -0.39 is 10.0 Å². The van der Waals surface area contributed by atoms with Gasteiger partial charge >= 0.3 is 0 Å². The summed E-state index contributed by atoms with van der Waals surface area (Å²) in [6.45, 7) is 6.59. The lowest BCUT2D eigenvalue weighted by molar-refractivity contribution is 0.531. The summed E-state index contributed by atoms with van der Waals surface area (Å²) in [5.74, 6) is 0.376. The normalized spacial score (nSPS) is 18.5. The van der Waals surface area contributed by atoms with E-state index >= 15 is 0 Å². The molecule has 1 aromatic carbocycles. The molecule has 0 N–H and O–H groups in total. The zero-order valence-corrected chi connectivity index (χ0v) is 13.9. The van der Waals surface area contributed by atoms with Gasteiger partial charge in [-0.15, -0.1) is 0 Å². The molecule has 2 aromatic rings. The standard InChI is InChI=1S/C16H21N3O2S/c1-12(2)18-11-14(10-17-18)22(20,21)19-9-8-13(3)15-6-4-5-7-16(15)19/h4-7,10-13H,8-9H2,1-3H3/t13-/m0/s1. The lowest BCUT2D eigenvalue weighted by atomic mass is 9.93. The maximum absolute atomic E-state index is 13.0. The maximum Gasteiger partial charge on any atom is 0.267 e. The number of rotatable bonds is 3. The minimum absolute atomic E-state index is 0.137. The highest BCUT2D eigenvalue weighted by atomic mass is 32.2. The van der Waals surface area contributed by atoms with Crippen LogP contribution < -0.4 is 4.31 Å². The van der Waals surface area contributed by atoms with E-state index in [1.54, 1.807) is 10.9 Å². The number of hydrogen-bond donors (Lipinski definition) is 0. The summed E-state index contributed by atoms with van der Waals surface area (Å²) in [4.78, 5) is 0.255. The van der Waals surface area contributed by atoms with Crippen LogP contribution in [-0.4, -0.2) is 24.7 Å². The van der Waals surface area contributed by atoms with Crippen molar-refractivity contribution in [3.05, 3.63) is 42.2 Å². The van der Waals surface area contributed by atoms with Gasteiger partial charge in [-0.3, -0.25) is 8.99 Å². The molecule has 5 nitrogen and oxygen atoms in total. The van der Waals surface area contributed by atoms with Crippen LogP contribution in [0.4, 0.5) is 5.69 Å². The van der Waals surface area contributed by atoms with Crippen molar-refractivity contribution in [2.45, 2.75) is 44.0 Å². The van der Waals surface area contributed by atoms with Crippen LogP contribution in [0.1, 0.15) is 44.7 Å². The third kappa shape index (κ3) is 2.41. The molecule has 0 amide bonds. The van der Waals surface area contributed by atoms with E-state index in [4.69, 9.17) is 0 Å². The molecule has 22 heavy (non-hydrogen) atoms. The molecule has 0 bridgehead atoms. The van der Waals surface area contributed by atoms with Crippen molar-refractivity contribution < 1.29 is 8.42 Å². The molecule has 0 spiro atoms. The smallest absolute Gasteiger partial charge is 0.267 e. The first-order valence-corrected chi connectivity index (χ1v) is 9.01. The molecule has 0 saturated heterocycles. The van der Waals surface area contributed by atoms with E-state index in [-0.39, 0.29) is 10.9 Å². The van der Waals surface area contributed by atoms with Crippen LogP contribution in [0.15, 0.2) is 41.6 Å². The molecule has 118 valence electrons. The Hall–Kier alpha value is -1.82. The van der Waals surface area contributed by atoms with E-state index in [0.717, 1.165) is 17.7 Å². The fourth-order valence-corrected chi connectivity index (χ4v) is 4.28. The molecule has 1 aromatic heterocycles. The number of hydrogen-bond acceptors (Lipinski definition) is 3. The summed E-state index contributed by atoms with van der Waals surface area (Å²) >= 11 is 0. The molecule has 0 radical (unpaired) electrons. The molecular formula is C16H21N3O2S. The lowest BCUT2D eigenvalue weighted by Crippen LogP contribution is -2.36. The quantitative estimate of drug-likeness (QED) is 0.873. The van der Waals surface area contributed by atoms with Gasteiger partial charge in [-0.2, -0.15) is 5.10 Å². The zero-order chi connectivity index (χ0) is 15.9. The summed E-state index contributed by atoms with van der Waals surface area (Å²) in [7, 11) is -3.56. The van der Waals surface area contributed by atoms with Crippen molar-refractivity contribution >= 4 is 15.7 Å². The summed E-state index contributed by atoms with van der Waals surface area (Å²) < 4.78 is 29.1. The van der Waals surface area contributed by atoms with Crippen molar-refractivity contribution in [2.75, 3.05) is 10.8 Å². The van der Waals surface area contributed by atoms with Crippen LogP contribution in [0.2, 0.25) is 0 Å². The Bertz CT molecular complexity index is 780. The Kier molecular flexibility index (Phi) is 3.72. The van der Waals surface area contributed by atoms with E-state index in [2.05, 4.69) is 12.0 Å². The monoisotopic (exact) mass is 319 g/mol. The second-order valence-electron chi connectivity index (χ2n) is 6.08.